The predicted molar refractivity (Wildman–Crippen MR) is 80.3 cm³/mol. The highest BCUT2D eigenvalue weighted by atomic mass is 16.6. The maximum Gasteiger partial charge on any atom is 0.305 e. The maximum atomic E-state index is 10.9. The average Bonchev–Trinajstić information content (AvgIpc) is 3.09. The summed E-state index contributed by atoms with van der Waals surface area (Å²) in [4.78, 5) is 20.8. The Bertz CT molecular complexity index is 752. The monoisotopic (exact) mass is 299 g/mol. The van der Waals surface area contributed by atoms with Crippen molar-refractivity contribution in [2.24, 2.45) is 9.98 Å². The van der Waals surface area contributed by atoms with Crippen molar-refractivity contribution in [2.45, 2.75) is 12.8 Å². The van der Waals surface area contributed by atoms with Crippen LogP contribution in [-0.2, 0) is 11.2 Å². The van der Waals surface area contributed by atoms with Crippen molar-refractivity contribution in [3.63, 3.8) is 0 Å². The summed E-state index contributed by atoms with van der Waals surface area (Å²) >= 11 is 0. The number of aliphatic carboxylic acids is 1. The molecule has 1 aliphatic rings. The number of hydrogen-bond acceptors (Lipinski definition) is 6. The number of anilines is 1. The van der Waals surface area contributed by atoms with Crippen molar-refractivity contribution in [2.75, 3.05) is 11.4 Å². The molecule has 0 bridgehead atoms. The van der Waals surface area contributed by atoms with Crippen LogP contribution in [0.15, 0.2) is 38.9 Å². The van der Waals surface area contributed by atoms with E-state index in [0.717, 1.165) is 11.3 Å². The minimum Gasteiger partial charge on any atom is -0.481 e. The fraction of sp³-hybridized carbons (Fsp3) is 0.214. The summed E-state index contributed by atoms with van der Waals surface area (Å²) in [5.41, 5.74) is 2.03. The summed E-state index contributed by atoms with van der Waals surface area (Å²) < 4.78 is 4.60. The third kappa shape index (κ3) is 2.58. The lowest BCUT2D eigenvalue weighted by molar-refractivity contribution is -0.136. The lowest BCUT2D eigenvalue weighted by atomic mass is 10.2. The number of hydrogen-bond donors (Lipinski definition) is 1. The van der Waals surface area contributed by atoms with Crippen LogP contribution in [0.1, 0.15) is 12.0 Å². The van der Waals surface area contributed by atoms with Crippen LogP contribution in [0.4, 0.5) is 17.3 Å². The van der Waals surface area contributed by atoms with Gasteiger partial charge in [0.25, 0.3) is 0 Å². The number of fused-ring (bicyclic) bond motifs is 1. The summed E-state index contributed by atoms with van der Waals surface area (Å²) in [5, 5.41) is 16.2. The average molecular weight is 299 g/mol. The first-order chi connectivity index (χ1) is 10.7. The molecule has 0 unspecified atom stereocenters. The molecule has 0 aliphatic carbocycles. The molecule has 0 amide bonds. The summed E-state index contributed by atoms with van der Waals surface area (Å²) in [5.74, 6) is 0.267. The number of amidine groups is 1. The second kappa shape index (κ2) is 5.76. The number of nitrogens with zero attached hydrogens (tertiary/aromatic N) is 5. The molecule has 8 nitrogen and oxygen atoms in total. The van der Waals surface area contributed by atoms with E-state index in [9.17, 15) is 4.79 Å². The number of rotatable bonds is 5. The minimum atomic E-state index is -0.861. The predicted octanol–water partition coefficient (Wildman–Crippen LogP) is 1.97. The lowest BCUT2D eigenvalue weighted by Gasteiger charge is -2.19. The number of aliphatic imine (C=N–C) groups is 2. The second-order valence-electron chi connectivity index (χ2n) is 4.70. The van der Waals surface area contributed by atoms with Gasteiger partial charge >= 0.3 is 5.97 Å². The van der Waals surface area contributed by atoms with Gasteiger partial charge in [-0.05, 0) is 28.7 Å². The van der Waals surface area contributed by atoms with Gasteiger partial charge in [-0.15, -0.1) is 0 Å². The summed E-state index contributed by atoms with van der Waals surface area (Å²) in [6.07, 6.45) is 0.593. The third-order valence-electron chi connectivity index (χ3n) is 3.33. The van der Waals surface area contributed by atoms with Gasteiger partial charge in [0.15, 0.2) is 0 Å². The van der Waals surface area contributed by atoms with Gasteiger partial charge in [-0.1, -0.05) is 18.2 Å². The number of benzene rings is 1. The van der Waals surface area contributed by atoms with E-state index in [-0.39, 0.29) is 18.1 Å². The highest BCUT2D eigenvalue weighted by Crippen LogP contribution is 2.32. The standard InChI is InChI=1S/C14H13N5O3/c1-15-13-14(18-22-17-13)16-11-8-9-4-2-3-5-10(9)19(11)7-6-12(20)21/h2-5H,1,6-8H2,(H,20,21). The van der Waals surface area contributed by atoms with Crippen LogP contribution >= 0.6 is 0 Å². The van der Waals surface area contributed by atoms with E-state index in [2.05, 4.69) is 31.6 Å². The molecule has 8 heteroatoms. The molecule has 0 fully saturated rings. The molecule has 22 heavy (non-hydrogen) atoms. The summed E-state index contributed by atoms with van der Waals surface area (Å²) in [7, 11) is 0. The van der Waals surface area contributed by atoms with E-state index < -0.39 is 5.97 Å². The van der Waals surface area contributed by atoms with Crippen LogP contribution in [0.2, 0.25) is 0 Å². The van der Waals surface area contributed by atoms with Gasteiger partial charge in [-0.25, -0.2) is 14.6 Å². The first kappa shape index (κ1) is 13.9. The molecule has 0 saturated heterocycles. The molecular formula is C14H13N5O3. The first-order valence-corrected chi connectivity index (χ1v) is 6.63. The highest BCUT2D eigenvalue weighted by Gasteiger charge is 2.26. The fourth-order valence-electron chi connectivity index (χ4n) is 2.36. The Labute approximate surface area is 125 Å². The van der Waals surface area contributed by atoms with Crippen LogP contribution in [0.5, 0.6) is 0 Å². The lowest BCUT2D eigenvalue weighted by Crippen LogP contribution is -2.29. The first-order valence-electron chi connectivity index (χ1n) is 6.63. The van der Waals surface area contributed by atoms with Crippen LogP contribution in [0.3, 0.4) is 0 Å². The zero-order valence-electron chi connectivity index (χ0n) is 11.6. The van der Waals surface area contributed by atoms with Gasteiger partial charge in [-0.3, -0.25) is 4.79 Å². The van der Waals surface area contributed by atoms with Gasteiger partial charge in [0, 0.05) is 18.7 Å². The quantitative estimate of drug-likeness (QED) is 0.846. The van der Waals surface area contributed by atoms with E-state index in [1.165, 1.54) is 0 Å². The smallest absolute Gasteiger partial charge is 0.305 e. The summed E-state index contributed by atoms with van der Waals surface area (Å²) in [6.45, 7) is 3.71. The Morgan fingerprint density at radius 2 is 2.14 bits per heavy atom. The number of para-hydroxylation sites is 1. The molecule has 1 aromatic heterocycles. The van der Waals surface area contributed by atoms with Crippen molar-refractivity contribution in [1.29, 1.82) is 0 Å². The van der Waals surface area contributed by atoms with Gasteiger partial charge in [0.1, 0.15) is 5.84 Å². The molecule has 1 aliphatic heterocycles. The van der Waals surface area contributed by atoms with Crippen molar-refractivity contribution in [3.8, 4) is 0 Å². The van der Waals surface area contributed by atoms with Crippen LogP contribution in [0.25, 0.3) is 0 Å². The Morgan fingerprint density at radius 3 is 2.91 bits per heavy atom. The summed E-state index contributed by atoms with van der Waals surface area (Å²) in [6, 6.07) is 7.77. The Balaban J connectivity index is 1.96. The van der Waals surface area contributed by atoms with E-state index in [1.54, 1.807) is 0 Å². The van der Waals surface area contributed by atoms with E-state index >= 15 is 0 Å². The SMILES string of the molecule is C=Nc1nonc1N=C1Cc2ccccc2N1CCC(=O)O. The molecule has 2 heterocycles. The molecule has 3 rings (SSSR count). The van der Waals surface area contributed by atoms with Crippen LogP contribution in [-0.4, -0.2) is 40.5 Å². The normalized spacial score (nSPS) is 15.1. The van der Waals surface area contributed by atoms with Crippen molar-refractivity contribution < 1.29 is 14.5 Å². The molecule has 0 saturated carbocycles. The second-order valence-corrected chi connectivity index (χ2v) is 4.70. The van der Waals surface area contributed by atoms with Gasteiger partial charge in [-0.2, -0.15) is 0 Å². The van der Waals surface area contributed by atoms with E-state index in [1.807, 2.05) is 29.2 Å². The van der Waals surface area contributed by atoms with Crippen LogP contribution < -0.4 is 4.90 Å². The highest BCUT2D eigenvalue weighted by molar-refractivity contribution is 6.06. The molecular weight excluding hydrogens is 286 g/mol. The number of carboxylic acids is 1. The topological polar surface area (TPSA) is 104 Å². The molecule has 1 aromatic carbocycles. The van der Waals surface area contributed by atoms with Gasteiger partial charge in [0.2, 0.25) is 11.6 Å². The number of carboxylic acid groups (broad SMARTS) is 1. The molecule has 112 valence electrons. The zero-order chi connectivity index (χ0) is 15.5. The Kier molecular flexibility index (Phi) is 3.65. The number of aromatic nitrogens is 2. The third-order valence-corrected chi connectivity index (χ3v) is 3.33. The van der Waals surface area contributed by atoms with Crippen molar-refractivity contribution in [3.05, 3.63) is 29.8 Å². The minimum absolute atomic E-state index is 0.0109. The largest absolute Gasteiger partial charge is 0.481 e. The zero-order valence-corrected chi connectivity index (χ0v) is 11.6. The Morgan fingerprint density at radius 1 is 1.36 bits per heavy atom. The van der Waals surface area contributed by atoms with Crippen LogP contribution in [0, 0.1) is 0 Å². The van der Waals surface area contributed by atoms with Gasteiger partial charge in [0.05, 0.1) is 6.42 Å². The fourth-order valence-corrected chi connectivity index (χ4v) is 2.36. The molecule has 0 radical (unpaired) electrons. The molecule has 0 spiro atoms. The molecule has 0 atom stereocenters. The van der Waals surface area contributed by atoms with E-state index in [4.69, 9.17) is 5.11 Å². The van der Waals surface area contributed by atoms with Crippen molar-refractivity contribution >= 4 is 35.8 Å². The van der Waals surface area contributed by atoms with E-state index in [0.29, 0.717) is 18.8 Å². The Hall–Kier alpha value is -3.03. The maximum absolute atomic E-state index is 10.9. The number of carbonyl (C=O) groups is 1. The van der Waals surface area contributed by atoms with Gasteiger partial charge < -0.3 is 10.0 Å². The van der Waals surface area contributed by atoms with Crippen molar-refractivity contribution in [1.82, 2.24) is 10.3 Å². The molecule has 2 aromatic rings. The molecule has 1 N–H and O–H groups in total.